The summed E-state index contributed by atoms with van der Waals surface area (Å²) in [5, 5.41) is 10.3. The minimum absolute atomic E-state index is 0.0652. The second-order valence-corrected chi connectivity index (χ2v) is 10.6. The predicted molar refractivity (Wildman–Crippen MR) is 108 cm³/mol. The summed E-state index contributed by atoms with van der Waals surface area (Å²) in [6, 6.07) is 0. The number of hydrogen-bond donors (Lipinski definition) is 1. The van der Waals surface area contributed by atoms with Crippen LogP contribution in [0.4, 0.5) is 0 Å². The maximum absolute atomic E-state index is 11.6. The second kappa shape index (κ2) is 7.94. The molecule has 0 aromatic heterocycles. The number of carbonyl (C=O) groups is 1. The molecule has 0 aliphatic heterocycles. The van der Waals surface area contributed by atoms with Crippen molar-refractivity contribution in [2.75, 3.05) is 0 Å². The quantitative estimate of drug-likeness (QED) is 0.624. The molecular formula is C24H42O2. The van der Waals surface area contributed by atoms with Gasteiger partial charge in [-0.15, -0.1) is 0 Å². The average molecular weight is 363 g/mol. The molecule has 1 N–H and O–H groups in total. The highest BCUT2D eigenvalue weighted by Crippen LogP contribution is 2.59. The lowest BCUT2D eigenvalue weighted by molar-refractivity contribution is -0.117. The highest BCUT2D eigenvalue weighted by molar-refractivity contribution is 5.54. The Morgan fingerprint density at radius 3 is 2.50 bits per heavy atom. The third kappa shape index (κ3) is 3.52. The fraction of sp³-hybridized carbons (Fsp3) is 0.958. The molecule has 0 heterocycles. The third-order valence-corrected chi connectivity index (χ3v) is 9.59. The second-order valence-electron chi connectivity index (χ2n) is 10.6. The zero-order valence-electron chi connectivity index (χ0n) is 17.7. The van der Waals surface area contributed by atoms with E-state index in [0.717, 1.165) is 30.6 Å². The molecule has 0 bridgehead atoms. The Labute approximate surface area is 161 Å². The van der Waals surface area contributed by atoms with Crippen molar-refractivity contribution in [2.45, 2.75) is 104 Å². The zero-order chi connectivity index (χ0) is 18.9. The molecule has 0 amide bonds. The number of aliphatic hydroxyl groups excluding tert-OH is 1. The van der Waals surface area contributed by atoms with Crippen molar-refractivity contribution in [3.05, 3.63) is 0 Å². The van der Waals surface area contributed by atoms with Crippen LogP contribution < -0.4 is 0 Å². The molecule has 0 aromatic carbocycles. The number of aldehydes is 1. The van der Waals surface area contributed by atoms with E-state index in [1.807, 2.05) is 0 Å². The SMILES string of the molecule is CCC1CC2CCC3CCC(O)CCC3(C)C2CCC[C@]1(C)[C@H](C)C=O. The summed E-state index contributed by atoms with van der Waals surface area (Å²) < 4.78 is 0. The largest absolute Gasteiger partial charge is 0.393 e. The summed E-state index contributed by atoms with van der Waals surface area (Å²) in [5.74, 6) is 3.32. The fourth-order valence-corrected chi connectivity index (χ4v) is 7.44. The van der Waals surface area contributed by atoms with Crippen LogP contribution in [0, 0.1) is 40.4 Å². The number of fused-ring (bicyclic) bond motifs is 3. The van der Waals surface area contributed by atoms with Crippen molar-refractivity contribution in [3.63, 3.8) is 0 Å². The van der Waals surface area contributed by atoms with Gasteiger partial charge in [0.2, 0.25) is 0 Å². The number of hydrogen-bond acceptors (Lipinski definition) is 2. The maximum Gasteiger partial charge on any atom is 0.123 e. The smallest absolute Gasteiger partial charge is 0.123 e. The zero-order valence-corrected chi connectivity index (χ0v) is 17.7. The minimum atomic E-state index is -0.0652. The van der Waals surface area contributed by atoms with Gasteiger partial charge in [-0.05, 0) is 92.3 Å². The van der Waals surface area contributed by atoms with E-state index in [0.29, 0.717) is 11.3 Å². The average Bonchev–Trinajstić information content (AvgIpc) is 2.77. The Morgan fingerprint density at radius 2 is 1.81 bits per heavy atom. The maximum atomic E-state index is 11.6. The Kier molecular flexibility index (Phi) is 6.22. The molecule has 3 fully saturated rings. The first kappa shape index (κ1) is 20.4. The van der Waals surface area contributed by atoms with Gasteiger partial charge in [0.15, 0.2) is 0 Å². The van der Waals surface area contributed by atoms with Crippen LogP contribution in [-0.2, 0) is 4.79 Å². The monoisotopic (exact) mass is 362 g/mol. The molecule has 0 saturated heterocycles. The highest BCUT2D eigenvalue weighted by atomic mass is 16.3. The Hall–Kier alpha value is -0.370. The van der Waals surface area contributed by atoms with Gasteiger partial charge in [-0.1, -0.05) is 40.5 Å². The molecule has 2 heteroatoms. The lowest BCUT2D eigenvalue weighted by atomic mass is 9.50. The first-order chi connectivity index (χ1) is 12.3. The number of aliphatic hydroxyl groups is 1. The van der Waals surface area contributed by atoms with Crippen LogP contribution in [0.5, 0.6) is 0 Å². The predicted octanol–water partition coefficient (Wildman–Crippen LogP) is 6.01. The lowest BCUT2D eigenvalue weighted by Gasteiger charge is -2.55. The van der Waals surface area contributed by atoms with Gasteiger partial charge in [-0.25, -0.2) is 0 Å². The highest BCUT2D eigenvalue weighted by Gasteiger charge is 2.51. The first-order valence-corrected chi connectivity index (χ1v) is 11.5. The van der Waals surface area contributed by atoms with Gasteiger partial charge < -0.3 is 9.90 Å². The summed E-state index contributed by atoms with van der Waals surface area (Å²) >= 11 is 0. The summed E-state index contributed by atoms with van der Waals surface area (Å²) in [5.41, 5.74) is 0.613. The van der Waals surface area contributed by atoms with E-state index in [1.54, 1.807) is 0 Å². The molecule has 0 radical (unpaired) electrons. The van der Waals surface area contributed by atoms with Crippen LogP contribution in [0.3, 0.4) is 0 Å². The summed E-state index contributed by atoms with van der Waals surface area (Å²) in [6.07, 6.45) is 14.7. The Bertz CT molecular complexity index is 489. The van der Waals surface area contributed by atoms with Crippen molar-refractivity contribution in [1.29, 1.82) is 0 Å². The van der Waals surface area contributed by atoms with E-state index in [1.165, 1.54) is 64.1 Å². The normalized spacial score (nSPS) is 48.3. The van der Waals surface area contributed by atoms with E-state index in [4.69, 9.17) is 0 Å². The lowest BCUT2D eigenvalue weighted by Crippen LogP contribution is -2.47. The van der Waals surface area contributed by atoms with Crippen molar-refractivity contribution in [2.24, 2.45) is 40.4 Å². The van der Waals surface area contributed by atoms with Crippen molar-refractivity contribution in [1.82, 2.24) is 0 Å². The van der Waals surface area contributed by atoms with E-state index in [2.05, 4.69) is 27.7 Å². The van der Waals surface area contributed by atoms with Crippen LogP contribution in [-0.4, -0.2) is 17.5 Å². The molecule has 26 heavy (non-hydrogen) atoms. The standard InChI is InChI=1S/C24H42O2/c1-5-19-15-18-8-9-20-10-11-21(26)12-14-24(20,4)22(18)7-6-13-23(19,3)17(2)16-25/h16-22,26H,5-15H2,1-4H3/t17-,18?,19?,20?,21?,22?,23-,24?/m1/s1. The minimum Gasteiger partial charge on any atom is -0.393 e. The van der Waals surface area contributed by atoms with Crippen LogP contribution in [0.2, 0.25) is 0 Å². The molecule has 3 saturated carbocycles. The summed E-state index contributed by atoms with van der Waals surface area (Å²) in [6.45, 7) is 9.46. The first-order valence-electron chi connectivity index (χ1n) is 11.5. The molecule has 8 atom stereocenters. The van der Waals surface area contributed by atoms with E-state index in [9.17, 15) is 9.90 Å². The van der Waals surface area contributed by atoms with Crippen molar-refractivity contribution >= 4 is 6.29 Å². The van der Waals surface area contributed by atoms with Crippen LogP contribution in [0.15, 0.2) is 0 Å². The molecule has 3 aliphatic rings. The molecule has 3 rings (SSSR count). The van der Waals surface area contributed by atoms with Crippen molar-refractivity contribution < 1.29 is 9.90 Å². The fourth-order valence-electron chi connectivity index (χ4n) is 7.44. The van der Waals surface area contributed by atoms with Gasteiger partial charge in [0.05, 0.1) is 6.10 Å². The third-order valence-electron chi connectivity index (χ3n) is 9.59. The van der Waals surface area contributed by atoms with Gasteiger partial charge in [-0.3, -0.25) is 0 Å². The molecule has 0 spiro atoms. The van der Waals surface area contributed by atoms with Crippen molar-refractivity contribution in [3.8, 4) is 0 Å². The van der Waals surface area contributed by atoms with Crippen LogP contribution in [0.1, 0.15) is 98.3 Å². The molecular weight excluding hydrogens is 320 g/mol. The molecule has 2 nitrogen and oxygen atoms in total. The summed E-state index contributed by atoms with van der Waals surface area (Å²) in [7, 11) is 0. The van der Waals surface area contributed by atoms with Gasteiger partial charge in [-0.2, -0.15) is 0 Å². The van der Waals surface area contributed by atoms with Gasteiger partial charge >= 0.3 is 0 Å². The molecule has 6 unspecified atom stereocenters. The van der Waals surface area contributed by atoms with Gasteiger partial charge in [0.25, 0.3) is 0 Å². The Balaban J connectivity index is 1.84. The topological polar surface area (TPSA) is 37.3 Å². The van der Waals surface area contributed by atoms with Crippen LogP contribution >= 0.6 is 0 Å². The van der Waals surface area contributed by atoms with E-state index in [-0.39, 0.29) is 17.4 Å². The molecule has 3 aliphatic carbocycles. The summed E-state index contributed by atoms with van der Waals surface area (Å²) in [4.78, 5) is 11.6. The van der Waals surface area contributed by atoms with Crippen LogP contribution in [0.25, 0.3) is 0 Å². The Morgan fingerprint density at radius 1 is 1.08 bits per heavy atom. The van der Waals surface area contributed by atoms with E-state index < -0.39 is 0 Å². The number of rotatable bonds is 3. The van der Waals surface area contributed by atoms with Gasteiger partial charge in [0.1, 0.15) is 6.29 Å². The molecule has 0 aromatic rings. The van der Waals surface area contributed by atoms with Gasteiger partial charge in [0, 0.05) is 5.92 Å². The van der Waals surface area contributed by atoms with E-state index >= 15 is 0 Å². The number of carbonyl (C=O) groups excluding carboxylic acids is 1. The molecule has 150 valence electrons.